The molecule has 2 aromatic rings. The molecule has 2 aromatic carbocycles. The summed E-state index contributed by atoms with van der Waals surface area (Å²) in [6.07, 6.45) is 2.64. The minimum Gasteiger partial charge on any atom is -0.343 e. The molecule has 0 saturated carbocycles. The third-order valence-corrected chi connectivity index (χ3v) is 6.06. The number of rotatable bonds is 5. The van der Waals surface area contributed by atoms with E-state index in [0.717, 1.165) is 10.9 Å². The summed E-state index contributed by atoms with van der Waals surface area (Å²) < 4.78 is 0.879. The van der Waals surface area contributed by atoms with E-state index in [1.54, 1.807) is 18.0 Å². The zero-order valence-electron chi connectivity index (χ0n) is 15.9. The van der Waals surface area contributed by atoms with E-state index in [1.165, 1.54) is 5.56 Å². The lowest BCUT2D eigenvalue weighted by Gasteiger charge is -2.33. The molecule has 0 bridgehead atoms. The summed E-state index contributed by atoms with van der Waals surface area (Å²) >= 11 is 9.66. The van der Waals surface area contributed by atoms with Gasteiger partial charge in [-0.15, -0.1) is 0 Å². The molecular weight excluding hydrogens is 440 g/mol. The van der Waals surface area contributed by atoms with Crippen molar-refractivity contribution in [2.24, 2.45) is 5.92 Å². The Labute approximate surface area is 179 Å². The van der Waals surface area contributed by atoms with Crippen molar-refractivity contribution >= 4 is 45.0 Å². The minimum absolute atomic E-state index is 0.0561. The van der Waals surface area contributed by atoms with Gasteiger partial charge in [-0.25, -0.2) is 0 Å². The summed E-state index contributed by atoms with van der Waals surface area (Å²) in [5.41, 5.74) is 1.88. The van der Waals surface area contributed by atoms with Crippen molar-refractivity contribution in [2.45, 2.75) is 25.7 Å². The van der Waals surface area contributed by atoms with Gasteiger partial charge in [-0.1, -0.05) is 57.9 Å². The molecule has 2 amide bonds. The van der Waals surface area contributed by atoms with Crippen LogP contribution >= 0.6 is 27.5 Å². The summed E-state index contributed by atoms with van der Waals surface area (Å²) in [5.74, 6) is 0.141. The number of aryl methyl sites for hydroxylation is 1. The van der Waals surface area contributed by atoms with Crippen molar-refractivity contribution in [1.82, 2.24) is 4.90 Å². The lowest BCUT2D eigenvalue weighted by atomic mass is 9.94. The number of anilines is 1. The number of amides is 2. The summed E-state index contributed by atoms with van der Waals surface area (Å²) in [4.78, 5) is 28.9. The van der Waals surface area contributed by atoms with Crippen LogP contribution in [-0.4, -0.2) is 36.9 Å². The molecule has 1 aliphatic rings. The first kappa shape index (κ1) is 20.9. The molecule has 6 heteroatoms. The van der Waals surface area contributed by atoms with E-state index in [4.69, 9.17) is 11.6 Å². The van der Waals surface area contributed by atoms with Crippen molar-refractivity contribution in [3.63, 3.8) is 0 Å². The topological polar surface area (TPSA) is 40.6 Å². The Hall–Kier alpha value is -1.85. The molecule has 3 rings (SSSR count). The number of halogens is 2. The third-order valence-electron chi connectivity index (χ3n) is 5.27. The summed E-state index contributed by atoms with van der Waals surface area (Å²) in [6, 6.07) is 15.5. The molecule has 28 heavy (non-hydrogen) atoms. The monoisotopic (exact) mass is 462 g/mol. The molecule has 1 heterocycles. The number of likely N-dealkylation sites (tertiary alicyclic amines) is 1. The quantitative estimate of drug-likeness (QED) is 0.630. The second-order valence-electron chi connectivity index (χ2n) is 7.13. The van der Waals surface area contributed by atoms with Gasteiger partial charge in [0.25, 0.3) is 0 Å². The van der Waals surface area contributed by atoms with Crippen molar-refractivity contribution in [2.75, 3.05) is 25.0 Å². The second kappa shape index (κ2) is 9.57. The van der Waals surface area contributed by atoms with E-state index in [0.29, 0.717) is 43.1 Å². The smallest absolute Gasteiger partial charge is 0.230 e. The number of hydrogen-bond acceptors (Lipinski definition) is 2. The van der Waals surface area contributed by atoms with Crippen LogP contribution in [0.5, 0.6) is 0 Å². The molecule has 0 spiro atoms. The van der Waals surface area contributed by atoms with Gasteiger partial charge in [0.1, 0.15) is 0 Å². The highest BCUT2D eigenvalue weighted by molar-refractivity contribution is 9.10. The summed E-state index contributed by atoms with van der Waals surface area (Å²) in [6.45, 7) is 1.26. The van der Waals surface area contributed by atoms with Gasteiger partial charge in [-0.3, -0.25) is 9.59 Å². The lowest BCUT2D eigenvalue weighted by Crippen LogP contribution is -2.43. The molecule has 148 valence electrons. The standard InChI is InChI=1S/C22H24BrClN2O2/c1-25(20-9-8-18(23)15-19(20)24)22(28)17-11-13-26(14-12-17)21(27)10-7-16-5-3-2-4-6-16/h2-6,8-9,15,17H,7,10-14H2,1H3. The summed E-state index contributed by atoms with van der Waals surface area (Å²) in [7, 11) is 1.76. The Morgan fingerprint density at radius 1 is 1.14 bits per heavy atom. The molecular formula is C22H24BrClN2O2. The maximum Gasteiger partial charge on any atom is 0.230 e. The van der Waals surface area contributed by atoms with Crippen molar-refractivity contribution in [1.29, 1.82) is 0 Å². The molecule has 0 radical (unpaired) electrons. The fourth-order valence-electron chi connectivity index (χ4n) is 3.58. The molecule has 1 aliphatic heterocycles. The number of piperidine rings is 1. The zero-order valence-corrected chi connectivity index (χ0v) is 18.2. The van der Waals surface area contributed by atoms with Crippen molar-refractivity contribution in [3.8, 4) is 0 Å². The van der Waals surface area contributed by atoms with Gasteiger partial charge < -0.3 is 9.80 Å². The lowest BCUT2D eigenvalue weighted by molar-refractivity contribution is -0.134. The highest BCUT2D eigenvalue weighted by Crippen LogP contribution is 2.30. The maximum absolute atomic E-state index is 12.9. The fraction of sp³-hybridized carbons (Fsp3) is 0.364. The first-order valence-electron chi connectivity index (χ1n) is 9.50. The normalized spacial score (nSPS) is 14.8. The first-order chi connectivity index (χ1) is 13.5. The van der Waals surface area contributed by atoms with E-state index >= 15 is 0 Å². The van der Waals surface area contributed by atoms with Crippen molar-refractivity contribution < 1.29 is 9.59 Å². The molecule has 0 aromatic heterocycles. The van der Waals surface area contributed by atoms with Crippen molar-refractivity contribution in [3.05, 3.63) is 63.6 Å². The SMILES string of the molecule is CN(C(=O)C1CCN(C(=O)CCc2ccccc2)CC1)c1ccc(Br)cc1Cl. The van der Waals surface area contributed by atoms with Gasteiger partial charge >= 0.3 is 0 Å². The van der Waals surface area contributed by atoms with E-state index in [9.17, 15) is 9.59 Å². The Morgan fingerprint density at radius 3 is 2.46 bits per heavy atom. The number of benzene rings is 2. The van der Waals surface area contributed by atoms with Gasteiger partial charge in [0.2, 0.25) is 11.8 Å². The van der Waals surface area contributed by atoms with Gasteiger partial charge in [0.05, 0.1) is 10.7 Å². The highest BCUT2D eigenvalue weighted by Gasteiger charge is 2.30. The predicted molar refractivity (Wildman–Crippen MR) is 117 cm³/mol. The number of carbonyl (C=O) groups excluding carboxylic acids is 2. The van der Waals surface area contributed by atoms with Gasteiger partial charge in [-0.05, 0) is 43.0 Å². The van der Waals surface area contributed by atoms with Gasteiger partial charge in [0, 0.05) is 36.9 Å². The average molecular weight is 464 g/mol. The number of hydrogen-bond donors (Lipinski definition) is 0. The van der Waals surface area contributed by atoms with Crippen LogP contribution in [0, 0.1) is 5.92 Å². The minimum atomic E-state index is -0.0807. The van der Waals surface area contributed by atoms with Crippen LogP contribution in [0.2, 0.25) is 5.02 Å². The Morgan fingerprint density at radius 2 is 1.82 bits per heavy atom. The van der Waals surface area contributed by atoms with E-state index in [2.05, 4.69) is 15.9 Å². The predicted octanol–water partition coefficient (Wildman–Crippen LogP) is 4.94. The van der Waals surface area contributed by atoms with Crippen LogP contribution in [0.1, 0.15) is 24.8 Å². The first-order valence-corrected chi connectivity index (χ1v) is 10.7. The molecule has 0 aliphatic carbocycles. The summed E-state index contributed by atoms with van der Waals surface area (Å²) in [5, 5.41) is 0.541. The van der Waals surface area contributed by atoms with Crippen LogP contribution < -0.4 is 4.90 Å². The molecule has 0 unspecified atom stereocenters. The van der Waals surface area contributed by atoms with E-state index in [-0.39, 0.29) is 17.7 Å². The molecule has 0 N–H and O–H groups in total. The Bertz CT molecular complexity index is 836. The van der Waals surface area contributed by atoms with Crippen LogP contribution in [0.15, 0.2) is 53.0 Å². The van der Waals surface area contributed by atoms with Crippen LogP contribution in [0.3, 0.4) is 0 Å². The van der Waals surface area contributed by atoms with Crippen LogP contribution in [-0.2, 0) is 16.0 Å². The van der Waals surface area contributed by atoms with E-state index < -0.39 is 0 Å². The number of nitrogens with zero attached hydrogens (tertiary/aromatic N) is 2. The van der Waals surface area contributed by atoms with Crippen LogP contribution in [0.25, 0.3) is 0 Å². The highest BCUT2D eigenvalue weighted by atomic mass is 79.9. The van der Waals surface area contributed by atoms with E-state index in [1.807, 2.05) is 47.4 Å². The molecule has 4 nitrogen and oxygen atoms in total. The van der Waals surface area contributed by atoms with Gasteiger partial charge in [0.15, 0.2) is 0 Å². The second-order valence-corrected chi connectivity index (χ2v) is 8.46. The average Bonchev–Trinajstić information content (AvgIpc) is 2.72. The number of carbonyl (C=O) groups is 2. The Kier molecular flexibility index (Phi) is 7.13. The molecule has 1 saturated heterocycles. The largest absolute Gasteiger partial charge is 0.343 e. The Balaban J connectivity index is 1.51. The van der Waals surface area contributed by atoms with Gasteiger partial charge in [-0.2, -0.15) is 0 Å². The fourth-order valence-corrected chi connectivity index (χ4v) is 4.38. The third kappa shape index (κ3) is 5.15. The molecule has 0 atom stereocenters. The maximum atomic E-state index is 12.9. The van der Waals surface area contributed by atoms with Crippen LogP contribution in [0.4, 0.5) is 5.69 Å². The molecule has 1 fully saturated rings. The zero-order chi connectivity index (χ0) is 20.1.